The minimum Gasteiger partial charge on any atom is -0.392 e. The molecule has 2 atom stereocenters. The molecule has 1 aliphatic heterocycles. The summed E-state index contributed by atoms with van der Waals surface area (Å²) >= 11 is 0. The molecule has 1 aromatic carbocycles. The number of nitrogens with zero attached hydrogens (tertiary/aromatic N) is 3. The fourth-order valence-electron chi connectivity index (χ4n) is 3.23. The van der Waals surface area contributed by atoms with Crippen molar-refractivity contribution in [3.05, 3.63) is 66.6 Å². The van der Waals surface area contributed by atoms with Crippen molar-refractivity contribution < 1.29 is 9.90 Å². The highest BCUT2D eigenvalue weighted by molar-refractivity contribution is 5.82. The van der Waals surface area contributed by atoms with E-state index in [1.807, 2.05) is 53.3 Å². The predicted octanol–water partition coefficient (Wildman–Crippen LogP) is 1.27. The van der Waals surface area contributed by atoms with Gasteiger partial charge in [-0.15, -0.1) is 0 Å². The second kappa shape index (κ2) is 7.69. The van der Waals surface area contributed by atoms with Gasteiger partial charge >= 0.3 is 0 Å². The second-order valence-electron chi connectivity index (χ2n) is 6.59. The molecule has 27 heavy (non-hydrogen) atoms. The third-order valence-corrected chi connectivity index (χ3v) is 4.64. The molecule has 1 saturated heterocycles. The molecular weight excluding hydrogens is 342 g/mol. The third kappa shape index (κ3) is 3.89. The van der Waals surface area contributed by atoms with Gasteiger partial charge in [-0.1, -0.05) is 18.2 Å². The second-order valence-corrected chi connectivity index (χ2v) is 6.59. The average molecular weight is 363 g/mol. The molecule has 3 heterocycles. The number of aromatic nitrogens is 3. The van der Waals surface area contributed by atoms with Crippen molar-refractivity contribution in [1.29, 1.82) is 0 Å². The van der Waals surface area contributed by atoms with E-state index in [2.05, 4.69) is 15.6 Å². The molecule has 1 fully saturated rings. The molecule has 0 unspecified atom stereocenters. The van der Waals surface area contributed by atoms with Crippen LogP contribution in [0, 0.1) is 0 Å². The summed E-state index contributed by atoms with van der Waals surface area (Å²) in [7, 11) is 0. The van der Waals surface area contributed by atoms with Gasteiger partial charge in [-0.25, -0.2) is 4.68 Å². The monoisotopic (exact) mass is 363 g/mol. The molecule has 138 valence electrons. The van der Waals surface area contributed by atoms with E-state index in [9.17, 15) is 9.90 Å². The zero-order valence-corrected chi connectivity index (χ0v) is 14.7. The lowest BCUT2D eigenvalue weighted by atomic mass is 10.1. The summed E-state index contributed by atoms with van der Waals surface area (Å²) in [6.07, 6.45) is 5.36. The molecule has 0 saturated carbocycles. The van der Waals surface area contributed by atoms with Gasteiger partial charge in [-0.3, -0.25) is 9.78 Å². The number of hydrogen-bond donors (Lipinski definition) is 3. The first kappa shape index (κ1) is 17.4. The first-order valence-electron chi connectivity index (χ1n) is 8.94. The lowest BCUT2D eigenvalue weighted by Gasteiger charge is -2.11. The number of β-amino-alcohol motifs (C(OH)–C–C–N with tert-alkyl or cyclic N) is 1. The van der Waals surface area contributed by atoms with E-state index in [0.717, 1.165) is 22.5 Å². The first-order valence-corrected chi connectivity index (χ1v) is 8.94. The van der Waals surface area contributed by atoms with E-state index in [0.29, 0.717) is 19.5 Å². The Morgan fingerprint density at radius 2 is 2.00 bits per heavy atom. The van der Waals surface area contributed by atoms with Crippen molar-refractivity contribution in [2.75, 3.05) is 6.54 Å². The number of pyridine rings is 1. The summed E-state index contributed by atoms with van der Waals surface area (Å²) in [5.74, 6) is -0.111. The van der Waals surface area contributed by atoms with Crippen LogP contribution in [-0.2, 0) is 11.3 Å². The molecule has 4 rings (SSSR count). The summed E-state index contributed by atoms with van der Waals surface area (Å²) in [4.78, 5) is 16.4. The van der Waals surface area contributed by atoms with Crippen LogP contribution in [0.3, 0.4) is 0 Å². The number of benzene rings is 1. The van der Waals surface area contributed by atoms with Crippen LogP contribution in [-0.4, -0.2) is 44.5 Å². The fourth-order valence-corrected chi connectivity index (χ4v) is 3.23. The maximum absolute atomic E-state index is 12.4. The lowest BCUT2D eigenvalue weighted by molar-refractivity contribution is -0.123. The van der Waals surface area contributed by atoms with Gasteiger partial charge in [-0.2, -0.15) is 5.10 Å². The summed E-state index contributed by atoms with van der Waals surface area (Å²) in [6, 6.07) is 13.3. The topological polar surface area (TPSA) is 92.1 Å². The van der Waals surface area contributed by atoms with Gasteiger partial charge in [0.1, 0.15) is 0 Å². The number of carbonyl (C=O) groups is 1. The molecule has 0 spiro atoms. The van der Waals surface area contributed by atoms with Gasteiger partial charge in [0, 0.05) is 42.8 Å². The molecular formula is C20H21N5O2. The van der Waals surface area contributed by atoms with Crippen molar-refractivity contribution in [3.63, 3.8) is 0 Å². The van der Waals surface area contributed by atoms with Gasteiger partial charge in [0.05, 0.1) is 23.5 Å². The van der Waals surface area contributed by atoms with Gasteiger partial charge in [0.2, 0.25) is 5.91 Å². The van der Waals surface area contributed by atoms with E-state index < -0.39 is 6.10 Å². The molecule has 3 N–H and O–H groups in total. The van der Waals surface area contributed by atoms with Crippen LogP contribution in [0.1, 0.15) is 12.0 Å². The number of aliphatic hydroxyl groups is 1. The molecule has 1 amide bonds. The maximum atomic E-state index is 12.4. The third-order valence-electron chi connectivity index (χ3n) is 4.64. The van der Waals surface area contributed by atoms with Crippen LogP contribution in [0.5, 0.6) is 0 Å². The van der Waals surface area contributed by atoms with E-state index in [4.69, 9.17) is 5.10 Å². The molecule has 0 aliphatic carbocycles. The Morgan fingerprint density at radius 1 is 1.22 bits per heavy atom. The molecule has 0 bridgehead atoms. The smallest absolute Gasteiger partial charge is 0.237 e. The van der Waals surface area contributed by atoms with Crippen molar-refractivity contribution >= 4 is 5.91 Å². The maximum Gasteiger partial charge on any atom is 0.237 e. The Kier molecular flexibility index (Phi) is 4.95. The number of carbonyl (C=O) groups excluding carboxylic acids is 1. The highest BCUT2D eigenvalue weighted by Gasteiger charge is 2.28. The molecule has 0 radical (unpaired) electrons. The molecule has 1 aliphatic rings. The van der Waals surface area contributed by atoms with E-state index in [1.165, 1.54) is 0 Å². The Hall–Kier alpha value is -3.03. The first-order chi connectivity index (χ1) is 13.2. The van der Waals surface area contributed by atoms with Crippen molar-refractivity contribution in [1.82, 2.24) is 25.4 Å². The van der Waals surface area contributed by atoms with Crippen molar-refractivity contribution in [2.45, 2.75) is 25.1 Å². The quantitative estimate of drug-likeness (QED) is 0.635. The van der Waals surface area contributed by atoms with Crippen molar-refractivity contribution in [3.8, 4) is 16.9 Å². The largest absolute Gasteiger partial charge is 0.392 e. The molecule has 7 heteroatoms. The lowest BCUT2D eigenvalue weighted by Crippen LogP contribution is -2.40. The predicted molar refractivity (Wildman–Crippen MR) is 101 cm³/mol. The molecule has 3 aromatic rings. The van der Waals surface area contributed by atoms with E-state index in [1.54, 1.807) is 12.4 Å². The Morgan fingerprint density at radius 3 is 2.70 bits per heavy atom. The highest BCUT2D eigenvalue weighted by Crippen LogP contribution is 2.23. The Bertz CT molecular complexity index is 911. The zero-order chi connectivity index (χ0) is 18.6. The summed E-state index contributed by atoms with van der Waals surface area (Å²) in [5, 5.41) is 20.3. The number of aliphatic hydroxyl groups excluding tert-OH is 1. The highest BCUT2D eigenvalue weighted by atomic mass is 16.3. The van der Waals surface area contributed by atoms with Crippen molar-refractivity contribution in [2.24, 2.45) is 0 Å². The number of amides is 1. The summed E-state index contributed by atoms with van der Waals surface area (Å²) < 4.78 is 1.81. The normalized spacial score (nSPS) is 19.1. The number of hydrogen-bond acceptors (Lipinski definition) is 5. The standard InChI is InChI=1S/C20H21N5O2/c26-17-10-18(22-12-17)20(27)23-11-15-13-25(16-4-2-1-3-5-16)24-19(15)14-6-8-21-9-7-14/h1-9,13,17-18,22,26H,10-12H2,(H,23,27)/t17-,18+/m0/s1. The molecule has 7 nitrogen and oxygen atoms in total. The van der Waals surface area contributed by atoms with Crippen LogP contribution in [0.2, 0.25) is 0 Å². The van der Waals surface area contributed by atoms with Crippen LogP contribution in [0.25, 0.3) is 16.9 Å². The van der Waals surface area contributed by atoms with Crippen LogP contribution >= 0.6 is 0 Å². The van der Waals surface area contributed by atoms with Crippen LogP contribution < -0.4 is 10.6 Å². The van der Waals surface area contributed by atoms with Crippen LogP contribution in [0.15, 0.2) is 61.1 Å². The zero-order valence-electron chi connectivity index (χ0n) is 14.7. The van der Waals surface area contributed by atoms with Crippen LogP contribution in [0.4, 0.5) is 0 Å². The Balaban J connectivity index is 1.58. The fraction of sp³-hybridized carbons (Fsp3) is 0.250. The van der Waals surface area contributed by atoms with Gasteiger partial charge in [-0.05, 0) is 30.7 Å². The van der Waals surface area contributed by atoms with Gasteiger partial charge in [0.15, 0.2) is 0 Å². The number of rotatable bonds is 5. The summed E-state index contributed by atoms with van der Waals surface area (Å²) in [5.41, 5.74) is 3.61. The Labute approximate surface area is 157 Å². The minimum atomic E-state index is -0.464. The minimum absolute atomic E-state index is 0.111. The average Bonchev–Trinajstić information content (AvgIpc) is 3.34. The number of nitrogens with one attached hydrogen (secondary N) is 2. The summed E-state index contributed by atoms with van der Waals surface area (Å²) in [6.45, 7) is 0.809. The van der Waals surface area contributed by atoms with E-state index >= 15 is 0 Å². The molecule has 2 aromatic heterocycles. The number of para-hydroxylation sites is 1. The SMILES string of the molecule is O=C(NCc1cn(-c2ccccc2)nc1-c1ccncc1)[C@H]1C[C@H](O)CN1. The van der Waals surface area contributed by atoms with Gasteiger partial charge in [0.25, 0.3) is 0 Å². The van der Waals surface area contributed by atoms with E-state index in [-0.39, 0.29) is 11.9 Å². The van der Waals surface area contributed by atoms with Gasteiger partial charge < -0.3 is 15.7 Å².